The minimum atomic E-state index is -0.397. The number of aromatic nitrogens is 2. The number of hydrogen-bond acceptors (Lipinski definition) is 4. The number of rotatable bonds is 5. The molecule has 0 saturated heterocycles. The Morgan fingerprint density at radius 1 is 1.47 bits per heavy atom. The lowest BCUT2D eigenvalue weighted by molar-refractivity contribution is -0.154. The maximum absolute atomic E-state index is 11.4. The van der Waals surface area contributed by atoms with E-state index < -0.39 is 5.60 Å². The standard InChI is InChI=1S/C12H21N3O2/c1-12(2,3)17-10(16)6-4-5-8-15-9-7-14-11(15)13/h7,9H,4-6,8H2,1-3H3,(H2,13,14). The quantitative estimate of drug-likeness (QED) is 0.630. The summed E-state index contributed by atoms with van der Waals surface area (Å²) in [7, 11) is 0. The average molecular weight is 239 g/mol. The summed E-state index contributed by atoms with van der Waals surface area (Å²) >= 11 is 0. The Morgan fingerprint density at radius 3 is 2.71 bits per heavy atom. The van der Waals surface area contributed by atoms with Gasteiger partial charge >= 0.3 is 5.97 Å². The lowest BCUT2D eigenvalue weighted by Gasteiger charge is -2.19. The maximum atomic E-state index is 11.4. The number of carbonyl (C=O) groups excluding carboxylic acids is 1. The van der Waals surface area contributed by atoms with E-state index in [0.29, 0.717) is 12.4 Å². The van der Waals surface area contributed by atoms with Gasteiger partial charge in [0.15, 0.2) is 5.95 Å². The highest BCUT2D eigenvalue weighted by molar-refractivity contribution is 5.69. The SMILES string of the molecule is CC(C)(C)OC(=O)CCCCn1ccnc1N. The number of ether oxygens (including phenoxy) is 1. The molecule has 5 nitrogen and oxygen atoms in total. The van der Waals surface area contributed by atoms with Gasteiger partial charge in [-0.05, 0) is 33.6 Å². The van der Waals surface area contributed by atoms with Gasteiger partial charge in [0.05, 0.1) is 0 Å². The van der Waals surface area contributed by atoms with Crippen LogP contribution in [-0.4, -0.2) is 21.1 Å². The molecule has 1 heterocycles. The van der Waals surface area contributed by atoms with Gasteiger partial charge in [-0.25, -0.2) is 4.98 Å². The van der Waals surface area contributed by atoms with Gasteiger partial charge in [0, 0.05) is 25.4 Å². The number of nitrogens with zero attached hydrogens (tertiary/aromatic N) is 2. The summed E-state index contributed by atoms with van der Waals surface area (Å²) in [6.07, 6.45) is 5.64. The Labute approximate surface area is 102 Å². The summed E-state index contributed by atoms with van der Waals surface area (Å²) in [5, 5.41) is 0. The zero-order valence-electron chi connectivity index (χ0n) is 10.8. The topological polar surface area (TPSA) is 70.1 Å². The van der Waals surface area contributed by atoms with Gasteiger partial charge in [0.25, 0.3) is 0 Å². The monoisotopic (exact) mass is 239 g/mol. The van der Waals surface area contributed by atoms with E-state index in [1.807, 2.05) is 31.5 Å². The Morgan fingerprint density at radius 2 is 2.18 bits per heavy atom. The van der Waals surface area contributed by atoms with E-state index in [9.17, 15) is 4.79 Å². The molecule has 0 radical (unpaired) electrons. The molecule has 0 bridgehead atoms. The van der Waals surface area contributed by atoms with Crippen LogP contribution in [0.5, 0.6) is 0 Å². The van der Waals surface area contributed by atoms with Crippen molar-refractivity contribution in [1.82, 2.24) is 9.55 Å². The van der Waals surface area contributed by atoms with E-state index in [0.717, 1.165) is 19.4 Å². The molecule has 96 valence electrons. The summed E-state index contributed by atoms with van der Waals surface area (Å²) in [5.41, 5.74) is 5.23. The minimum absolute atomic E-state index is 0.142. The number of nitrogen functional groups attached to an aromatic ring is 1. The highest BCUT2D eigenvalue weighted by Crippen LogP contribution is 2.10. The molecule has 0 aliphatic rings. The zero-order valence-corrected chi connectivity index (χ0v) is 10.8. The van der Waals surface area contributed by atoms with Crippen LogP contribution >= 0.6 is 0 Å². The number of anilines is 1. The first-order chi connectivity index (χ1) is 7.88. The van der Waals surface area contributed by atoms with Gasteiger partial charge in [-0.15, -0.1) is 0 Å². The molecule has 0 saturated carbocycles. The number of aryl methyl sites for hydroxylation is 1. The second-order valence-corrected chi connectivity index (χ2v) is 5.02. The largest absolute Gasteiger partial charge is 0.460 e. The first kappa shape index (κ1) is 13.5. The predicted octanol–water partition coefficient (Wildman–Crippen LogP) is 1.98. The Kier molecular flexibility index (Phi) is 4.54. The second kappa shape index (κ2) is 5.70. The van der Waals surface area contributed by atoms with E-state index >= 15 is 0 Å². The molecule has 1 rings (SSSR count). The van der Waals surface area contributed by atoms with Crippen LogP contribution in [-0.2, 0) is 16.1 Å². The summed E-state index contributed by atoms with van der Waals surface area (Å²) in [6, 6.07) is 0. The molecule has 0 amide bonds. The number of imidazole rings is 1. The Bertz CT molecular complexity index is 366. The van der Waals surface area contributed by atoms with Gasteiger partial charge in [-0.2, -0.15) is 0 Å². The normalized spacial score (nSPS) is 11.5. The fourth-order valence-electron chi connectivity index (χ4n) is 1.47. The lowest BCUT2D eigenvalue weighted by Crippen LogP contribution is -2.23. The summed E-state index contributed by atoms with van der Waals surface area (Å²) in [6.45, 7) is 6.40. The van der Waals surface area contributed by atoms with Crippen LogP contribution < -0.4 is 5.73 Å². The van der Waals surface area contributed by atoms with Crippen LogP contribution in [0.2, 0.25) is 0 Å². The lowest BCUT2D eigenvalue weighted by atomic mass is 10.2. The number of hydrogen-bond donors (Lipinski definition) is 1. The maximum Gasteiger partial charge on any atom is 0.306 e. The van der Waals surface area contributed by atoms with Crippen LogP contribution in [0.15, 0.2) is 12.4 Å². The van der Waals surface area contributed by atoms with Gasteiger partial charge in [-0.1, -0.05) is 0 Å². The van der Waals surface area contributed by atoms with Gasteiger partial charge in [0.2, 0.25) is 0 Å². The van der Waals surface area contributed by atoms with Crippen molar-refractivity contribution in [3.63, 3.8) is 0 Å². The molecule has 1 aromatic heterocycles. The fraction of sp³-hybridized carbons (Fsp3) is 0.667. The molecular formula is C12H21N3O2. The van der Waals surface area contributed by atoms with Crippen molar-refractivity contribution >= 4 is 11.9 Å². The van der Waals surface area contributed by atoms with Crippen molar-refractivity contribution in [3.05, 3.63) is 12.4 Å². The average Bonchev–Trinajstić information content (AvgIpc) is 2.56. The highest BCUT2D eigenvalue weighted by atomic mass is 16.6. The molecule has 0 spiro atoms. The molecule has 5 heteroatoms. The fourth-order valence-corrected chi connectivity index (χ4v) is 1.47. The van der Waals surface area contributed by atoms with Crippen LogP contribution in [0.1, 0.15) is 40.0 Å². The van der Waals surface area contributed by atoms with Crippen LogP contribution in [0, 0.1) is 0 Å². The van der Waals surface area contributed by atoms with Crippen LogP contribution in [0.4, 0.5) is 5.95 Å². The first-order valence-corrected chi connectivity index (χ1v) is 5.87. The van der Waals surface area contributed by atoms with E-state index in [1.165, 1.54) is 0 Å². The molecule has 0 aliphatic carbocycles. The van der Waals surface area contributed by atoms with Crippen molar-refractivity contribution in [2.75, 3.05) is 5.73 Å². The molecule has 0 aromatic carbocycles. The van der Waals surface area contributed by atoms with E-state index in [-0.39, 0.29) is 5.97 Å². The molecule has 0 fully saturated rings. The van der Waals surface area contributed by atoms with Crippen molar-refractivity contribution in [2.45, 2.75) is 52.2 Å². The highest BCUT2D eigenvalue weighted by Gasteiger charge is 2.15. The van der Waals surface area contributed by atoms with E-state index in [4.69, 9.17) is 10.5 Å². The zero-order chi connectivity index (χ0) is 12.9. The Hall–Kier alpha value is -1.52. The van der Waals surface area contributed by atoms with Gasteiger partial charge < -0.3 is 15.0 Å². The van der Waals surface area contributed by atoms with Crippen LogP contribution in [0.25, 0.3) is 0 Å². The van der Waals surface area contributed by atoms with Crippen molar-refractivity contribution < 1.29 is 9.53 Å². The van der Waals surface area contributed by atoms with Crippen molar-refractivity contribution in [2.24, 2.45) is 0 Å². The molecular weight excluding hydrogens is 218 g/mol. The summed E-state index contributed by atoms with van der Waals surface area (Å²) in [5.74, 6) is 0.373. The van der Waals surface area contributed by atoms with E-state index in [1.54, 1.807) is 6.20 Å². The third-order valence-electron chi connectivity index (χ3n) is 2.20. The third-order valence-corrected chi connectivity index (χ3v) is 2.20. The number of nitrogens with two attached hydrogens (primary N) is 1. The van der Waals surface area contributed by atoms with E-state index in [2.05, 4.69) is 4.98 Å². The second-order valence-electron chi connectivity index (χ2n) is 5.02. The number of unbranched alkanes of at least 4 members (excludes halogenated alkanes) is 1. The number of carbonyl (C=O) groups is 1. The van der Waals surface area contributed by atoms with Crippen molar-refractivity contribution in [1.29, 1.82) is 0 Å². The van der Waals surface area contributed by atoms with Gasteiger partial charge in [-0.3, -0.25) is 4.79 Å². The molecule has 2 N–H and O–H groups in total. The molecule has 0 atom stereocenters. The van der Waals surface area contributed by atoms with Gasteiger partial charge in [0.1, 0.15) is 5.60 Å². The predicted molar refractivity (Wildman–Crippen MR) is 66.3 cm³/mol. The summed E-state index contributed by atoms with van der Waals surface area (Å²) < 4.78 is 7.09. The Balaban J connectivity index is 2.17. The van der Waals surface area contributed by atoms with Crippen LogP contribution in [0.3, 0.4) is 0 Å². The number of esters is 1. The summed E-state index contributed by atoms with van der Waals surface area (Å²) in [4.78, 5) is 15.3. The molecule has 1 aromatic rings. The molecule has 0 unspecified atom stereocenters. The van der Waals surface area contributed by atoms with Crippen molar-refractivity contribution in [3.8, 4) is 0 Å². The third kappa shape index (κ3) is 5.38. The smallest absolute Gasteiger partial charge is 0.306 e. The molecule has 17 heavy (non-hydrogen) atoms. The first-order valence-electron chi connectivity index (χ1n) is 5.87. The minimum Gasteiger partial charge on any atom is -0.460 e. The molecule has 0 aliphatic heterocycles.